The Balaban J connectivity index is 1.37. The minimum atomic E-state index is -2.27. The molecular formula is C47H42N3O+. The molecule has 4 heteroatoms. The molecule has 250 valence electrons. The molecule has 9 rings (SSSR count). The third-order valence-electron chi connectivity index (χ3n) is 10.6. The Hall–Kier alpha value is -5.74. The summed E-state index contributed by atoms with van der Waals surface area (Å²) >= 11 is 0. The molecule has 0 saturated carbocycles. The van der Waals surface area contributed by atoms with E-state index in [9.17, 15) is 0 Å². The molecule has 0 aliphatic carbocycles. The summed E-state index contributed by atoms with van der Waals surface area (Å²) in [7, 11) is 2.17. The first kappa shape index (κ1) is 28.0. The van der Waals surface area contributed by atoms with Crippen molar-refractivity contribution < 1.29 is 13.1 Å². The summed E-state index contributed by atoms with van der Waals surface area (Å²) in [5, 5.41) is 4.98. The highest BCUT2D eigenvalue weighted by atomic mass is 16.3. The molecule has 0 amide bonds. The fourth-order valence-corrected chi connectivity index (χ4v) is 8.09. The van der Waals surface area contributed by atoms with Crippen LogP contribution >= 0.6 is 0 Å². The second kappa shape index (κ2) is 11.7. The summed E-state index contributed by atoms with van der Waals surface area (Å²) in [6, 6.07) is 40.2. The molecule has 0 saturated heterocycles. The van der Waals surface area contributed by atoms with Gasteiger partial charge in [0.25, 0.3) is 5.82 Å². The number of aromatic nitrogens is 3. The third-order valence-corrected chi connectivity index (χ3v) is 10.6. The van der Waals surface area contributed by atoms with Gasteiger partial charge in [0, 0.05) is 37.1 Å². The topological polar surface area (TPSA) is 34.8 Å². The number of imidazole rings is 1. The van der Waals surface area contributed by atoms with Crippen LogP contribution in [0.1, 0.15) is 66.0 Å². The first-order valence-electron chi connectivity index (χ1n) is 19.3. The van der Waals surface area contributed by atoms with Crippen molar-refractivity contribution in [1.82, 2.24) is 9.55 Å². The van der Waals surface area contributed by atoms with E-state index < -0.39 is 6.85 Å². The predicted molar refractivity (Wildman–Crippen MR) is 213 cm³/mol. The number of rotatable bonds is 5. The Morgan fingerprint density at radius 1 is 0.725 bits per heavy atom. The van der Waals surface area contributed by atoms with Crippen molar-refractivity contribution in [3.05, 3.63) is 138 Å². The number of para-hydroxylation sites is 2. The lowest BCUT2D eigenvalue weighted by atomic mass is 9.88. The highest BCUT2D eigenvalue weighted by Crippen LogP contribution is 2.44. The molecule has 3 heterocycles. The van der Waals surface area contributed by atoms with Gasteiger partial charge in [0.2, 0.25) is 0 Å². The second-order valence-corrected chi connectivity index (χ2v) is 14.5. The number of hydrogen-bond donors (Lipinski definition) is 0. The van der Waals surface area contributed by atoms with Gasteiger partial charge in [0.05, 0.1) is 12.6 Å². The van der Waals surface area contributed by atoms with Crippen LogP contribution in [0.2, 0.25) is 0 Å². The van der Waals surface area contributed by atoms with E-state index in [2.05, 4.69) is 141 Å². The van der Waals surface area contributed by atoms with Crippen molar-refractivity contribution in [2.45, 2.75) is 53.3 Å². The van der Waals surface area contributed by atoms with Crippen LogP contribution in [0.15, 0.2) is 120 Å². The number of furan rings is 1. The van der Waals surface area contributed by atoms with Crippen molar-refractivity contribution in [3.8, 4) is 28.2 Å². The maximum Gasteiger partial charge on any atom is 0.299 e. The molecule has 0 atom stereocenters. The molecule has 51 heavy (non-hydrogen) atoms. The Bertz CT molecular complexity index is 2920. The van der Waals surface area contributed by atoms with E-state index >= 15 is 0 Å². The fraction of sp³-hybridized carbons (Fsp3) is 0.191. The maximum absolute atomic E-state index is 7.88. The highest BCUT2D eigenvalue weighted by molar-refractivity contribution is 6.22. The van der Waals surface area contributed by atoms with Gasteiger partial charge in [-0.05, 0) is 102 Å². The average molecular weight is 668 g/mol. The van der Waals surface area contributed by atoms with Gasteiger partial charge in [-0.3, -0.25) is 4.98 Å². The number of benzene rings is 6. The molecule has 0 aliphatic heterocycles. The fourth-order valence-electron chi connectivity index (χ4n) is 8.09. The molecule has 4 nitrogen and oxygen atoms in total. The van der Waals surface area contributed by atoms with Crippen LogP contribution in [0.25, 0.3) is 82.8 Å². The Labute approximate surface area is 302 Å². The predicted octanol–water partition coefficient (Wildman–Crippen LogP) is 12.3. The molecule has 9 aromatic rings. The summed E-state index contributed by atoms with van der Waals surface area (Å²) in [5.74, 6) is 1.58. The third kappa shape index (κ3) is 4.80. The van der Waals surface area contributed by atoms with Crippen LogP contribution in [0, 0.1) is 13.8 Å². The standard InChI is InChI=1S/C47H42N3O/c1-27(2)36-24-34(31-13-9-8-10-14-31)25-37(28(3)4)45(36)50-41-16-12-11-15-40(41)49(7)47(50)43-29(5)17-21-35-44-38-23-33-19-18-30(6)48-39(33)26-32(38)20-22-42(44)51-46(35)43/h8-28H,1-7H3/q+1/i6D3. The first-order chi connectivity index (χ1) is 25.9. The van der Waals surface area contributed by atoms with Crippen LogP contribution in [0.4, 0.5) is 0 Å². The Kier molecular flexibility index (Phi) is 6.41. The maximum atomic E-state index is 7.88. The Morgan fingerprint density at radius 2 is 1.45 bits per heavy atom. The molecule has 0 aliphatic rings. The molecule has 3 aromatic heterocycles. The molecular weight excluding hydrogens is 623 g/mol. The van der Waals surface area contributed by atoms with E-state index in [-0.39, 0.29) is 17.5 Å². The molecule has 6 aromatic carbocycles. The van der Waals surface area contributed by atoms with E-state index in [0.717, 1.165) is 66.1 Å². The number of nitrogens with zero attached hydrogens (tertiary/aromatic N) is 3. The van der Waals surface area contributed by atoms with Gasteiger partial charge in [-0.15, -0.1) is 0 Å². The van der Waals surface area contributed by atoms with Crippen molar-refractivity contribution in [3.63, 3.8) is 0 Å². The first-order valence-corrected chi connectivity index (χ1v) is 17.8. The summed E-state index contributed by atoms with van der Waals surface area (Å²) in [6.07, 6.45) is 0. The summed E-state index contributed by atoms with van der Waals surface area (Å²) in [4.78, 5) is 4.53. The number of hydrogen-bond acceptors (Lipinski definition) is 2. The van der Waals surface area contributed by atoms with E-state index in [1.54, 1.807) is 6.07 Å². The van der Waals surface area contributed by atoms with E-state index in [1.165, 1.54) is 27.9 Å². The lowest BCUT2D eigenvalue weighted by molar-refractivity contribution is -0.633. The van der Waals surface area contributed by atoms with Crippen LogP contribution in [-0.4, -0.2) is 9.55 Å². The van der Waals surface area contributed by atoms with Gasteiger partial charge in [-0.1, -0.05) is 94.4 Å². The van der Waals surface area contributed by atoms with Crippen LogP contribution in [0.5, 0.6) is 0 Å². The van der Waals surface area contributed by atoms with Crippen LogP contribution < -0.4 is 4.57 Å². The van der Waals surface area contributed by atoms with Crippen LogP contribution in [-0.2, 0) is 7.05 Å². The van der Waals surface area contributed by atoms with Crippen molar-refractivity contribution >= 4 is 54.6 Å². The zero-order valence-corrected chi connectivity index (χ0v) is 29.9. The highest BCUT2D eigenvalue weighted by Gasteiger charge is 2.34. The Morgan fingerprint density at radius 3 is 2.20 bits per heavy atom. The lowest BCUT2D eigenvalue weighted by Gasteiger charge is -2.21. The zero-order valence-electron chi connectivity index (χ0n) is 32.9. The summed E-state index contributed by atoms with van der Waals surface area (Å²) in [5.41, 5.74) is 13.1. The quantitative estimate of drug-likeness (QED) is 0.135. The normalized spacial score (nSPS) is 13.3. The van der Waals surface area contributed by atoms with Gasteiger partial charge >= 0.3 is 0 Å². The van der Waals surface area contributed by atoms with Gasteiger partial charge in [0.15, 0.2) is 16.6 Å². The van der Waals surface area contributed by atoms with Gasteiger partial charge in [-0.25, -0.2) is 4.57 Å². The zero-order chi connectivity index (χ0) is 37.6. The summed E-state index contributed by atoms with van der Waals surface area (Å²) < 4.78 is 35.4. The molecule has 0 bridgehead atoms. The van der Waals surface area contributed by atoms with Gasteiger partial charge < -0.3 is 4.42 Å². The van der Waals surface area contributed by atoms with E-state index in [4.69, 9.17) is 8.53 Å². The second-order valence-electron chi connectivity index (χ2n) is 14.5. The number of aryl methyl sites for hydroxylation is 3. The largest absolute Gasteiger partial charge is 0.455 e. The van der Waals surface area contributed by atoms with E-state index in [0.29, 0.717) is 5.52 Å². The average Bonchev–Trinajstić information content (AvgIpc) is 3.68. The molecule has 0 spiro atoms. The van der Waals surface area contributed by atoms with E-state index in [1.807, 2.05) is 24.3 Å². The minimum absolute atomic E-state index is 0.100. The van der Waals surface area contributed by atoms with Crippen molar-refractivity contribution in [1.29, 1.82) is 0 Å². The molecule has 0 N–H and O–H groups in total. The van der Waals surface area contributed by atoms with Crippen LogP contribution in [0.3, 0.4) is 0 Å². The lowest BCUT2D eigenvalue weighted by Crippen LogP contribution is -2.30. The molecule has 0 unspecified atom stereocenters. The number of pyridine rings is 1. The monoisotopic (exact) mass is 667 g/mol. The van der Waals surface area contributed by atoms with Gasteiger partial charge in [0.1, 0.15) is 16.8 Å². The van der Waals surface area contributed by atoms with Gasteiger partial charge in [-0.2, -0.15) is 4.57 Å². The summed E-state index contributed by atoms with van der Waals surface area (Å²) in [6.45, 7) is 9.09. The van der Waals surface area contributed by atoms with Crippen molar-refractivity contribution in [2.24, 2.45) is 7.05 Å². The molecule has 0 radical (unpaired) electrons. The minimum Gasteiger partial charge on any atom is -0.455 e. The number of fused-ring (bicyclic) bond motifs is 7. The van der Waals surface area contributed by atoms with Crippen molar-refractivity contribution in [2.75, 3.05) is 0 Å². The molecule has 0 fully saturated rings. The smallest absolute Gasteiger partial charge is 0.299 e. The SMILES string of the molecule is [2H]C([2H])([2H])c1ccc2cc3c(ccc4oc5c(-c6n(-c7c(C(C)C)cc(-c8ccccc8)cc7C(C)C)c7ccccc7[n+]6C)c(C)ccc5c43)cc2n1.